The normalized spacial score (nSPS) is 42.8. The fourth-order valence-corrected chi connectivity index (χ4v) is 13.4. The molecule has 0 aromatic heterocycles. The molecular weight excluding hydrogens is 741 g/mol. The van der Waals surface area contributed by atoms with Gasteiger partial charge in [-0.2, -0.15) is 0 Å². The van der Waals surface area contributed by atoms with Crippen molar-refractivity contribution in [2.75, 3.05) is 20.8 Å². The molecule has 1 aromatic carbocycles. The van der Waals surface area contributed by atoms with Gasteiger partial charge in [0.05, 0.1) is 32.3 Å². The van der Waals surface area contributed by atoms with Gasteiger partial charge in [0.2, 0.25) is 6.29 Å². The number of esters is 2. The Hall–Kier alpha value is -2.96. The van der Waals surface area contributed by atoms with E-state index < -0.39 is 54.7 Å². The maximum Gasteiger partial charge on any atom is 0.331 e. The Kier molecular flexibility index (Phi) is 11.3. The molecule has 0 amide bonds. The van der Waals surface area contributed by atoms with Gasteiger partial charge in [-0.1, -0.05) is 66.2 Å². The molecule has 4 saturated carbocycles. The summed E-state index contributed by atoms with van der Waals surface area (Å²) >= 11 is 0. The van der Waals surface area contributed by atoms with Gasteiger partial charge in [-0.05, 0) is 133 Å². The third-order valence-electron chi connectivity index (χ3n) is 17.1. The van der Waals surface area contributed by atoms with Crippen molar-refractivity contribution in [3.63, 3.8) is 0 Å². The standard InChI is InChI=1S/C47H68O11/c1-42(2)20-22-47(23-21-45(6)28(29(47)25-42)12-14-34-44(5)18-17-35(49)43(3,4)33(44)16-19-46(34,45)7)41(53)58-40-38(52)37(51)39(32(26-48)56-40)57-36(50)15-11-27-10-13-30(54-8)31(24-27)55-9/h10-13,15,24,29,32-35,37-40,48-49,51-52H,14,16-23,25-26H2,1-9H3/b15-11+/t29-,32+,33-,34+,35-,37+,38+,39+,40-,44-,45+,46+,47-/m0/s1. The number of rotatable bonds is 8. The number of aliphatic hydroxyl groups is 4. The van der Waals surface area contributed by atoms with Crippen LogP contribution in [0.25, 0.3) is 6.08 Å². The minimum Gasteiger partial charge on any atom is -0.493 e. The van der Waals surface area contributed by atoms with Gasteiger partial charge < -0.3 is 44.1 Å². The van der Waals surface area contributed by atoms with Crippen LogP contribution in [0.2, 0.25) is 0 Å². The predicted molar refractivity (Wildman–Crippen MR) is 217 cm³/mol. The second kappa shape index (κ2) is 15.2. The largest absolute Gasteiger partial charge is 0.493 e. The molecule has 322 valence electrons. The molecule has 11 nitrogen and oxygen atoms in total. The molecule has 0 spiro atoms. The van der Waals surface area contributed by atoms with Gasteiger partial charge in [0.1, 0.15) is 18.3 Å². The fourth-order valence-electron chi connectivity index (χ4n) is 13.4. The average molecular weight is 809 g/mol. The van der Waals surface area contributed by atoms with Crippen LogP contribution in [0.1, 0.15) is 118 Å². The number of fused-ring (bicyclic) bond motifs is 7. The van der Waals surface area contributed by atoms with E-state index in [1.54, 1.807) is 18.2 Å². The summed E-state index contributed by atoms with van der Waals surface area (Å²) in [5.74, 6) is 0.551. The summed E-state index contributed by atoms with van der Waals surface area (Å²) in [4.78, 5) is 27.7. The zero-order chi connectivity index (χ0) is 42.2. The van der Waals surface area contributed by atoms with E-state index in [2.05, 4.69) is 54.5 Å². The van der Waals surface area contributed by atoms with Crippen molar-refractivity contribution < 1.29 is 53.7 Å². The van der Waals surface area contributed by atoms with Crippen LogP contribution in [0.15, 0.2) is 35.9 Å². The van der Waals surface area contributed by atoms with Crippen molar-refractivity contribution in [1.29, 1.82) is 0 Å². The number of aliphatic hydroxyl groups excluding tert-OH is 4. The Morgan fingerprint density at radius 3 is 2.24 bits per heavy atom. The quantitative estimate of drug-likeness (QED) is 0.125. The molecule has 6 aliphatic rings. The smallest absolute Gasteiger partial charge is 0.331 e. The number of hydrogen-bond donors (Lipinski definition) is 4. The highest BCUT2D eigenvalue weighted by Gasteiger charge is 2.69. The Morgan fingerprint density at radius 2 is 1.55 bits per heavy atom. The molecule has 1 saturated heterocycles. The molecule has 1 aromatic rings. The number of carbonyl (C=O) groups excluding carboxylic acids is 2. The monoisotopic (exact) mass is 808 g/mol. The van der Waals surface area contributed by atoms with Crippen LogP contribution in [0.3, 0.4) is 0 Å². The van der Waals surface area contributed by atoms with Gasteiger partial charge in [-0.15, -0.1) is 0 Å². The van der Waals surface area contributed by atoms with E-state index in [4.69, 9.17) is 23.7 Å². The SMILES string of the molecule is COc1ccc(/C=C/C(=O)O[C@H]2[C@H](O)[C@@H](O)[C@H](OC(=O)[C@]34CCC(C)(C)C[C@H]3C3=CC[C@@H]5[C@@]6(C)CC[C@H](O)C(C)(C)[C@@H]6CC[C@@]5(C)[C@]3(C)CC4)O[C@@H]2CO)cc1OC. The Morgan fingerprint density at radius 1 is 0.845 bits per heavy atom. The number of allylic oxidation sites excluding steroid dienone is 2. The van der Waals surface area contributed by atoms with E-state index in [0.717, 1.165) is 57.4 Å². The maximum atomic E-state index is 14.8. The third kappa shape index (κ3) is 6.73. The van der Waals surface area contributed by atoms with Crippen molar-refractivity contribution in [2.45, 2.75) is 149 Å². The summed E-state index contributed by atoms with van der Waals surface area (Å²) < 4.78 is 28.2. The first-order valence-corrected chi connectivity index (χ1v) is 21.5. The highest BCUT2D eigenvalue weighted by molar-refractivity contribution is 5.87. The summed E-state index contributed by atoms with van der Waals surface area (Å²) in [5.41, 5.74) is 1.00. The Balaban J connectivity index is 1.10. The average Bonchev–Trinajstić information content (AvgIpc) is 3.18. The summed E-state index contributed by atoms with van der Waals surface area (Å²) in [7, 11) is 3.03. The molecular formula is C47H68O11. The van der Waals surface area contributed by atoms with Gasteiger partial charge in [0, 0.05) is 6.08 Å². The zero-order valence-corrected chi connectivity index (χ0v) is 36.1. The van der Waals surface area contributed by atoms with Crippen molar-refractivity contribution >= 4 is 18.0 Å². The van der Waals surface area contributed by atoms with Gasteiger partial charge in [-0.25, -0.2) is 4.79 Å². The van der Waals surface area contributed by atoms with Gasteiger partial charge >= 0.3 is 11.9 Å². The summed E-state index contributed by atoms with van der Waals surface area (Å²) in [6.07, 6.45) is 5.89. The van der Waals surface area contributed by atoms with Crippen LogP contribution in [0.5, 0.6) is 11.5 Å². The molecule has 58 heavy (non-hydrogen) atoms. The minimum absolute atomic E-state index is 0.00246. The van der Waals surface area contributed by atoms with Crippen LogP contribution in [0.4, 0.5) is 0 Å². The number of hydrogen-bond acceptors (Lipinski definition) is 11. The lowest BCUT2D eigenvalue weighted by molar-refractivity contribution is -0.299. The van der Waals surface area contributed by atoms with E-state index in [-0.39, 0.29) is 39.1 Å². The van der Waals surface area contributed by atoms with Crippen LogP contribution < -0.4 is 9.47 Å². The molecule has 13 atom stereocenters. The highest BCUT2D eigenvalue weighted by Crippen LogP contribution is 2.76. The van der Waals surface area contributed by atoms with Gasteiger partial charge in [0.25, 0.3) is 0 Å². The molecule has 5 fully saturated rings. The Bertz CT molecular complexity index is 1800. The van der Waals surface area contributed by atoms with Crippen molar-refractivity contribution in [3.8, 4) is 11.5 Å². The van der Waals surface area contributed by atoms with Crippen LogP contribution in [0, 0.1) is 50.2 Å². The van der Waals surface area contributed by atoms with E-state index in [1.165, 1.54) is 25.9 Å². The first-order chi connectivity index (χ1) is 27.2. The molecule has 5 aliphatic carbocycles. The van der Waals surface area contributed by atoms with Gasteiger partial charge in [0.15, 0.2) is 17.6 Å². The lowest BCUT2D eigenvalue weighted by Crippen LogP contribution is -2.65. The second-order valence-corrected chi connectivity index (χ2v) is 20.7. The fraction of sp³-hybridized carbons (Fsp3) is 0.745. The van der Waals surface area contributed by atoms with Crippen molar-refractivity contribution in [2.24, 2.45) is 50.2 Å². The van der Waals surface area contributed by atoms with Gasteiger partial charge in [-0.3, -0.25) is 4.79 Å². The maximum absolute atomic E-state index is 14.8. The summed E-state index contributed by atoms with van der Waals surface area (Å²) in [5, 5.41) is 44.1. The van der Waals surface area contributed by atoms with Crippen molar-refractivity contribution in [3.05, 3.63) is 41.5 Å². The lowest BCUT2D eigenvalue weighted by atomic mass is 9.33. The topological polar surface area (TPSA) is 161 Å². The molecule has 1 aliphatic heterocycles. The molecule has 1 heterocycles. The summed E-state index contributed by atoms with van der Waals surface area (Å²) in [6.45, 7) is 15.9. The molecule has 4 N–H and O–H groups in total. The number of carbonyl (C=O) groups is 2. The van der Waals surface area contributed by atoms with Crippen LogP contribution in [-0.4, -0.2) is 90.0 Å². The van der Waals surface area contributed by atoms with E-state index in [0.29, 0.717) is 41.7 Å². The molecule has 0 bridgehead atoms. The highest BCUT2D eigenvalue weighted by atomic mass is 16.7. The third-order valence-corrected chi connectivity index (χ3v) is 17.1. The minimum atomic E-state index is -1.73. The van der Waals surface area contributed by atoms with E-state index in [1.807, 2.05) is 0 Å². The number of methoxy groups -OCH3 is 2. The second-order valence-electron chi connectivity index (χ2n) is 20.7. The number of benzene rings is 1. The number of ether oxygens (including phenoxy) is 5. The van der Waals surface area contributed by atoms with Crippen LogP contribution >= 0.6 is 0 Å². The zero-order valence-electron chi connectivity index (χ0n) is 36.1. The summed E-state index contributed by atoms with van der Waals surface area (Å²) in [6, 6.07) is 5.10. The molecule has 0 unspecified atom stereocenters. The first kappa shape index (κ1) is 43.1. The van der Waals surface area contributed by atoms with Crippen LogP contribution in [-0.2, 0) is 23.8 Å². The molecule has 7 rings (SSSR count). The predicted octanol–water partition coefficient (Wildman–Crippen LogP) is 6.77. The lowest BCUT2D eigenvalue weighted by Gasteiger charge is -2.71. The Labute approximate surface area is 344 Å². The first-order valence-electron chi connectivity index (χ1n) is 21.5. The molecule has 0 radical (unpaired) electrons. The van der Waals surface area contributed by atoms with E-state index in [9.17, 15) is 30.0 Å². The van der Waals surface area contributed by atoms with Crippen molar-refractivity contribution in [1.82, 2.24) is 0 Å². The van der Waals surface area contributed by atoms with E-state index >= 15 is 0 Å². The molecule has 11 heteroatoms.